The predicted molar refractivity (Wildman–Crippen MR) is 122 cm³/mol. The smallest absolute Gasteiger partial charge is 0.253 e. The van der Waals surface area contributed by atoms with Gasteiger partial charge in [-0.05, 0) is 69.8 Å². The highest BCUT2D eigenvalue weighted by Crippen LogP contribution is 2.31. The van der Waals surface area contributed by atoms with E-state index in [-0.39, 0.29) is 18.3 Å². The van der Waals surface area contributed by atoms with E-state index in [9.17, 15) is 9.18 Å². The van der Waals surface area contributed by atoms with E-state index in [0.717, 1.165) is 43.2 Å². The summed E-state index contributed by atoms with van der Waals surface area (Å²) in [5.74, 6) is 0.699. The molecule has 1 saturated carbocycles. The van der Waals surface area contributed by atoms with Crippen molar-refractivity contribution in [3.63, 3.8) is 0 Å². The van der Waals surface area contributed by atoms with Crippen molar-refractivity contribution in [3.05, 3.63) is 64.7 Å². The number of piperidine rings is 1. The summed E-state index contributed by atoms with van der Waals surface area (Å²) in [6.07, 6.45) is 9.02. The number of aryl methyl sites for hydroxylation is 1. The minimum atomic E-state index is -0.296. The number of aromatic nitrogens is 1. The average molecular weight is 424 g/mol. The highest BCUT2D eigenvalue weighted by atomic mass is 19.1. The molecule has 1 aliphatic heterocycles. The van der Waals surface area contributed by atoms with E-state index in [4.69, 9.17) is 4.98 Å². The Morgan fingerprint density at radius 2 is 1.81 bits per heavy atom. The minimum absolute atomic E-state index is 0.171. The molecule has 1 saturated heterocycles. The van der Waals surface area contributed by atoms with Crippen molar-refractivity contribution >= 4 is 5.91 Å². The number of carbonyl (C=O) groups is 1. The van der Waals surface area contributed by atoms with E-state index in [1.165, 1.54) is 44.7 Å². The predicted octanol–water partition coefficient (Wildman–Crippen LogP) is 5.22. The molecule has 2 fully saturated rings. The number of hydrogen-bond donors (Lipinski definition) is 1. The molecule has 0 radical (unpaired) electrons. The molecule has 1 aromatic heterocycles. The Labute approximate surface area is 185 Å². The van der Waals surface area contributed by atoms with Crippen LogP contribution in [0.5, 0.6) is 0 Å². The molecule has 1 N–H and O–H groups in total. The lowest BCUT2D eigenvalue weighted by atomic mass is 9.86. The first-order chi connectivity index (χ1) is 15.1. The summed E-state index contributed by atoms with van der Waals surface area (Å²) in [4.78, 5) is 20.3. The molecule has 2 aliphatic rings. The zero-order valence-corrected chi connectivity index (χ0v) is 18.6. The van der Waals surface area contributed by atoms with Gasteiger partial charge in [0.2, 0.25) is 0 Å². The maximum Gasteiger partial charge on any atom is 0.253 e. The van der Waals surface area contributed by atoms with Gasteiger partial charge in [-0.3, -0.25) is 9.78 Å². The van der Waals surface area contributed by atoms with Crippen molar-refractivity contribution in [2.75, 3.05) is 19.6 Å². The van der Waals surface area contributed by atoms with Crippen molar-refractivity contribution in [3.8, 4) is 0 Å². The maximum absolute atomic E-state index is 13.9. The second kappa shape index (κ2) is 10.4. The molecule has 1 aromatic carbocycles. The molecular weight excluding hydrogens is 389 g/mol. The quantitative estimate of drug-likeness (QED) is 0.693. The molecular formula is C26H34FN3O. The molecule has 1 aliphatic carbocycles. The molecule has 5 heteroatoms. The fraction of sp³-hybridized carbons (Fsp3) is 0.538. The molecule has 2 heterocycles. The average Bonchev–Trinajstić information content (AvgIpc) is 2.79. The third-order valence-electron chi connectivity index (χ3n) is 6.92. The molecule has 0 atom stereocenters. The van der Waals surface area contributed by atoms with E-state index in [1.807, 2.05) is 19.1 Å². The molecule has 4 rings (SSSR count). The second-order valence-corrected chi connectivity index (χ2v) is 9.24. The van der Waals surface area contributed by atoms with Gasteiger partial charge in [0.25, 0.3) is 5.91 Å². The van der Waals surface area contributed by atoms with Crippen LogP contribution in [0.2, 0.25) is 0 Å². The van der Waals surface area contributed by atoms with Gasteiger partial charge in [-0.15, -0.1) is 0 Å². The third kappa shape index (κ3) is 5.70. The van der Waals surface area contributed by atoms with Gasteiger partial charge < -0.3 is 10.2 Å². The van der Waals surface area contributed by atoms with Gasteiger partial charge in [-0.2, -0.15) is 0 Å². The van der Waals surface area contributed by atoms with Crippen molar-refractivity contribution < 1.29 is 9.18 Å². The zero-order valence-electron chi connectivity index (χ0n) is 18.6. The van der Waals surface area contributed by atoms with E-state index in [1.54, 1.807) is 18.2 Å². The van der Waals surface area contributed by atoms with E-state index < -0.39 is 0 Å². The first kappa shape index (κ1) is 21.9. The first-order valence-electron chi connectivity index (χ1n) is 11.8. The Kier molecular flexibility index (Phi) is 7.33. The summed E-state index contributed by atoms with van der Waals surface area (Å²) in [6, 6.07) is 10.3. The van der Waals surface area contributed by atoms with Gasteiger partial charge in [0.05, 0.1) is 11.3 Å². The maximum atomic E-state index is 13.9. The van der Waals surface area contributed by atoms with Gasteiger partial charge in [-0.25, -0.2) is 4.39 Å². The number of rotatable bonds is 6. The lowest BCUT2D eigenvalue weighted by Crippen LogP contribution is -2.37. The number of halogens is 1. The molecule has 2 aromatic rings. The van der Waals surface area contributed by atoms with E-state index >= 15 is 0 Å². The van der Waals surface area contributed by atoms with Crippen molar-refractivity contribution in [1.82, 2.24) is 15.2 Å². The molecule has 0 unspecified atom stereocenters. The van der Waals surface area contributed by atoms with Crippen LogP contribution >= 0.6 is 0 Å². The molecule has 4 nitrogen and oxygen atoms in total. The SMILES string of the molecule is Cc1ccc(C(=O)NCc2ccccc2F)c(C2CCN(CC3CCCCC3)CC2)n1. The summed E-state index contributed by atoms with van der Waals surface area (Å²) in [5.41, 5.74) is 2.97. The molecule has 166 valence electrons. The normalized spacial score (nSPS) is 18.8. The highest BCUT2D eigenvalue weighted by molar-refractivity contribution is 5.95. The second-order valence-electron chi connectivity index (χ2n) is 9.24. The zero-order chi connectivity index (χ0) is 21.6. The van der Waals surface area contributed by atoms with Gasteiger partial charge in [-0.1, -0.05) is 37.5 Å². The van der Waals surface area contributed by atoms with Crippen LogP contribution in [0.4, 0.5) is 4.39 Å². The number of nitrogens with one attached hydrogen (secondary N) is 1. The van der Waals surface area contributed by atoms with Crippen LogP contribution in [0.1, 0.15) is 78.2 Å². The summed E-state index contributed by atoms with van der Waals surface area (Å²) < 4.78 is 13.9. The molecule has 0 spiro atoms. The summed E-state index contributed by atoms with van der Waals surface area (Å²) in [7, 11) is 0. The summed E-state index contributed by atoms with van der Waals surface area (Å²) in [5, 5.41) is 2.89. The lowest BCUT2D eigenvalue weighted by molar-refractivity contribution is 0.0947. The largest absolute Gasteiger partial charge is 0.348 e. The molecule has 31 heavy (non-hydrogen) atoms. The van der Waals surface area contributed by atoms with Gasteiger partial charge in [0.1, 0.15) is 5.82 Å². The fourth-order valence-electron chi connectivity index (χ4n) is 5.12. The summed E-state index contributed by atoms with van der Waals surface area (Å²) >= 11 is 0. The molecule has 1 amide bonds. The Hall–Kier alpha value is -2.27. The number of nitrogens with zero attached hydrogens (tertiary/aromatic N) is 2. The van der Waals surface area contributed by atoms with Crippen LogP contribution in [0.15, 0.2) is 36.4 Å². The number of amides is 1. The summed E-state index contributed by atoms with van der Waals surface area (Å²) in [6.45, 7) is 5.53. The number of benzene rings is 1. The number of likely N-dealkylation sites (tertiary alicyclic amines) is 1. The number of carbonyl (C=O) groups excluding carboxylic acids is 1. The van der Waals surface area contributed by atoms with Crippen molar-refractivity contribution in [2.24, 2.45) is 5.92 Å². The minimum Gasteiger partial charge on any atom is -0.348 e. The topological polar surface area (TPSA) is 45.2 Å². The van der Waals surface area contributed by atoms with Crippen LogP contribution in [-0.4, -0.2) is 35.4 Å². The highest BCUT2D eigenvalue weighted by Gasteiger charge is 2.27. The van der Waals surface area contributed by atoms with Gasteiger partial charge in [0.15, 0.2) is 0 Å². The van der Waals surface area contributed by atoms with Crippen molar-refractivity contribution in [1.29, 1.82) is 0 Å². The number of pyridine rings is 1. The first-order valence-corrected chi connectivity index (χ1v) is 11.8. The van der Waals surface area contributed by atoms with Crippen LogP contribution in [0, 0.1) is 18.7 Å². The Balaban J connectivity index is 1.39. The molecule has 0 bridgehead atoms. The lowest BCUT2D eigenvalue weighted by Gasteiger charge is -2.35. The van der Waals surface area contributed by atoms with Crippen LogP contribution in [0.25, 0.3) is 0 Å². The monoisotopic (exact) mass is 423 g/mol. The van der Waals surface area contributed by atoms with E-state index in [2.05, 4.69) is 10.2 Å². The number of hydrogen-bond acceptors (Lipinski definition) is 3. The van der Waals surface area contributed by atoms with Gasteiger partial charge in [0, 0.05) is 30.3 Å². The van der Waals surface area contributed by atoms with Gasteiger partial charge >= 0.3 is 0 Å². The van der Waals surface area contributed by atoms with Crippen LogP contribution in [-0.2, 0) is 6.54 Å². The van der Waals surface area contributed by atoms with Crippen LogP contribution < -0.4 is 5.32 Å². The van der Waals surface area contributed by atoms with Crippen LogP contribution in [0.3, 0.4) is 0 Å². The third-order valence-corrected chi connectivity index (χ3v) is 6.92. The fourth-order valence-corrected chi connectivity index (χ4v) is 5.12. The van der Waals surface area contributed by atoms with Crippen molar-refractivity contribution in [2.45, 2.75) is 64.3 Å². The Morgan fingerprint density at radius 3 is 2.55 bits per heavy atom. The Morgan fingerprint density at radius 1 is 1.06 bits per heavy atom. The van der Waals surface area contributed by atoms with E-state index in [0.29, 0.717) is 17.0 Å². The Bertz CT molecular complexity index is 886. The standard InChI is InChI=1S/C26H34FN3O/c1-19-11-12-23(26(31)28-17-22-9-5-6-10-24(22)27)25(29-19)21-13-15-30(16-14-21)18-20-7-3-2-4-8-20/h5-6,9-12,20-21H,2-4,7-8,13-18H2,1H3,(H,28,31).